The second kappa shape index (κ2) is 5.73. The minimum atomic E-state index is -0.193. The quantitative estimate of drug-likeness (QED) is 0.755. The second-order valence-electron chi connectivity index (χ2n) is 5.02. The first-order valence-electron chi connectivity index (χ1n) is 6.89. The van der Waals surface area contributed by atoms with Gasteiger partial charge >= 0.3 is 0 Å². The number of carbonyl (C=O) groups excluding carboxylic acids is 1. The standard InChI is InChI=1S/C16H16N4OS/c1-10-12(11(2)20(3)19-10)8-9-15(21)18-16-17-13-6-4-5-7-14(13)22-16/h4-9H,1-3H3,(H,17,18,21)/b9-8+. The maximum atomic E-state index is 12.0. The van der Waals surface area contributed by atoms with E-state index in [0.29, 0.717) is 5.13 Å². The maximum absolute atomic E-state index is 12.0. The van der Waals surface area contributed by atoms with Gasteiger partial charge in [0.25, 0.3) is 0 Å². The van der Waals surface area contributed by atoms with Crippen LogP contribution in [0.4, 0.5) is 5.13 Å². The van der Waals surface area contributed by atoms with Crippen LogP contribution in [0.5, 0.6) is 0 Å². The molecule has 0 aliphatic heterocycles. The first-order valence-corrected chi connectivity index (χ1v) is 7.71. The molecule has 3 rings (SSSR count). The summed E-state index contributed by atoms with van der Waals surface area (Å²) in [6.45, 7) is 3.91. The number of nitrogens with zero attached hydrogens (tertiary/aromatic N) is 3. The molecule has 2 aromatic heterocycles. The molecule has 22 heavy (non-hydrogen) atoms. The summed E-state index contributed by atoms with van der Waals surface area (Å²) < 4.78 is 2.86. The fourth-order valence-corrected chi connectivity index (χ4v) is 3.13. The predicted octanol–water partition coefficient (Wildman–Crippen LogP) is 3.30. The average Bonchev–Trinajstić information content (AvgIpc) is 2.98. The fraction of sp³-hybridized carbons (Fsp3) is 0.188. The molecule has 0 saturated carbocycles. The highest BCUT2D eigenvalue weighted by Crippen LogP contribution is 2.25. The van der Waals surface area contributed by atoms with Gasteiger partial charge in [0.1, 0.15) is 0 Å². The first-order chi connectivity index (χ1) is 10.5. The molecule has 0 unspecified atom stereocenters. The number of carbonyl (C=O) groups is 1. The van der Waals surface area contributed by atoms with Gasteiger partial charge in [-0.2, -0.15) is 5.10 Å². The Morgan fingerprint density at radius 3 is 2.77 bits per heavy atom. The molecule has 3 aromatic rings. The van der Waals surface area contributed by atoms with Gasteiger partial charge in [-0.3, -0.25) is 14.8 Å². The molecule has 5 nitrogen and oxygen atoms in total. The summed E-state index contributed by atoms with van der Waals surface area (Å²) in [4.78, 5) is 16.4. The number of hydrogen-bond donors (Lipinski definition) is 1. The minimum absolute atomic E-state index is 0.193. The van der Waals surface area contributed by atoms with E-state index in [2.05, 4.69) is 15.4 Å². The van der Waals surface area contributed by atoms with E-state index in [4.69, 9.17) is 0 Å². The Morgan fingerprint density at radius 1 is 1.32 bits per heavy atom. The number of para-hydroxylation sites is 1. The summed E-state index contributed by atoms with van der Waals surface area (Å²) in [7, 11) is 1.89. The van der Waals surface area contributed by atoms with E-state index in [0.717, 1.165) is 27.2 Å². The SMILES string of the molecule is Cc1nn(C)c(C)c1/C=C/C(=O)Nc1nc2ccccc2s1. The Hall–Kier alpha value is -2.47. The van der Waals surface area contributed by atoms with Crippen molar-refractivity contribution >= 4 is 38.7 Å². The van der Waals surface area contributed by atoms with Gasteiger partial charge in [-0.1, -0.05) is 23.5 Å². The zero-order valence-electron chi connectivity index (χ0n) is 12.6. The summed E-state index contributed by atoms with van der Waals surface area (Å²) in [5.74, 6) is -0.193. The lowest BCUT2D eigenvalue weighted by Crippen LogP contribution is -2.07. The number of aromatic nitrogens is 3. The maximum Gasteiger partial charge on any atom is 0.250 e. The molecular weight excluding hydrogens is 296 g/mol. The molecule has 1 aromatic carbocycles. The van der Waals surface area contributed by atoms with Gasteiger partial charge in [0.05, 0.1) is 15.9 Å². The van der Waals surface area contributed by atoms with E-state index in [9.17, 15) is 4.79 Å². The van der Waals surface area contributed by atoms with Crippen molar-refractivity contribution in [3.05, 3.63) is 47.3 Å². The van der Waals surface area contributed by atoms with Gasteiger partial charge < -0.3 is 0 Å². The summed E-state index contributed by atoms with van der Waals surface area (Å²) in [6, 6.07) is 7.81. The highest BCUT2D eigenvalue weighted by atomic mass is 32.1. The lowest BCUT2D eigenvalue weighted by atomic mass is 10.2. The molecule has 2 heterocycles. The molecule has 1 N–H and O–H groups in total. The number of benzene rings is 1. The third-order valence-corrected chi connectivity index (χ3v) is 4.44. The molecule has 6 heteroatoms. The number of fused-ring (bicyclic) bond motifs is 1. The lowest BCUT2D eigenvalue weighted by molar-refractivity contribution is -0.111. The molecular formula is C16H16N4OS. The molecule has 0 saturated heterocycles. The topological polar surface area (TPSA) is 59.8 Å². The van der Waals surface area contributed by atoms with Gasteiger partial charge in [-0.25, -0.2) is 4.98 Å². The minimum Gasteiger partial charge on any atom is -0.298 e. The number of rotatable bonds is 3. The smallest absolute Gasteiger partial charge is 0.250 e. The van der Waals surface area contributed by atoms with Gasteiger partial charge in [0.15, 0.2) is 5.13 Å². The summed E-state index contributed by atoms with van der Waals surface area (Å²) in [5.41, 5.74) is 3.80. The number of aryl methyl sites for hydroxylation is 2. The van der Waals surface area contributed by atoms with Crippen LogP contribution in [-0.4, -0.2) is 20.7 Å². The van der Waals surface area contributed by atoms with Crippen molar-refractivity contribution in [1.82, 2.24) is 14.8 Å². The van der Waals surface area contributed by atoms with Gasteiger partial charge in [-0.05, 0) is 32.1 Å². The predicted molar refractivity (Wildman–Crippen MR) is 90.0 cm³/mol. The van der Waals surface area contributed by atoms with Crippen LogP contribution in [0.1, 0.15) is 17.0 Å². The van der Waals surface area contributed by atoms with Crippen LogP contribution in [0.2, 0.25) is 0 Å². The Balaban J connectivity index is 1.75. The van der Waals surface area contributed by atoms with Crippen molar-refractivity contribution < 1.29 is 4.79 Å². The van der Waals surface area contributed by atoms with Crippen LogP contribution in [0, 0.1) is 13.8 Å². The van der Waals surface area contributed by atoms with Gasteiger partial charge in [-0.15, -0.1) is 0 Å². The van der Waals surface area contributed by atoms with Crippen molar-refractivity contribution in [2.75, 3.05) is 5.32 Å². The fourth-order valence-electron chi connectivity index (χ4n) is 2.26. The van der Waals surface area contributed by atoms with E-state index >= 15 is 0 Å². The van der Waals surface area contributed by atoms with Crippen molar-refractivity contribution in [3.63, 3.8) is 0 Å². The lowest BCUT2D eigenvalue weighted by Gasteiger charge is -1.96. The number of amides is 1. The highest BCUT2D eigenvalue weighted by Gasteiger charge is 2.08. The Kier molecular flexibility index (Phi) is 3.77. The van der Waals surface area contributed by atoms with Crippen LogP contribution in [0.25, 0.3) is 16.3 Å². The molecule has 0 aliphatic rings. The van der Waals surface area contributed by atoms with E-state index in [1.54, 1.807) is 10.8 Å². The molecule has 0 fully saturated rings. The third kappa shape index (κ3) is 2.78. The third-order valence-electron chi connectivity index (χ3n) is 3.49. The zero-order chi connectivity index (χ0) is 15.7. The summed E-state index contributed by atoms with van der Waals surface area (Å²) >= 11 is 1.46. The number of hydrogen-bond acceptors (Lipinski definition) is 4. The van der Waals surface area contributed by atoms with Crippen molar-refractivity contribution in [1.29, 1.82) is 0 Å². The molecule has 0 spiro atoms. The largest absolute Gasteiger partial charge is 0.298 e. The zero-order valence-corrected chi connectivity index (χ0v) is 13.4. The van der Waals surface area contributed by atoms with E-state index in [1.165, 1.54) is 17.4 Å². The molecule has 112 valence electrons. The van der Waals surface area contributed by atoms with Crippen LogP contribution in [0.3, 0.4) is 0 Å². The van der Waals surface area contributed by atoms with Crippen LogP contribution in [-0.2, 0) is 11.8 Å². The van der Waals surface area contributed by atoms with Crippen molar-refractivity contribution in [2.24, 2.45) is 7.05 Å². The molecule has 0 radical (unpaired) electrons. The van der Waals surface area contributed by atoms with E-state index in [1.807, 2.05) is 45.2 Å². The Morgan fingerprint density at radius 2 is 2.09 bits per heavy atom. The molecule has 0 aliphatic carbocycles. The highest BCUT2D eigenvalue weighted by molar-refractivity contribution is 7.22. The van der Waals surface area contributed by atoms with E-state index < -0.39 is 0 Å². The second-order valence-corrected chi connectivity index (χ2v) is 6.05. The van der Waals surface area contributed by atoms with Gasteiger partial charge in [0.2, 0.25) is 5.91 Å². The average molecular weight is 312 g/mol. The molecule has 0 bridgehead atoms. The summed E-state index contributed by atoms with van der Waals surface area (Å²) in [5, 5.41) is 7.73. The van der Waals surface area contributed by atoms with Gasteiger partial charge in [0, 0.05) is 24.4 Å². The van der Waals surface area contributed by atoms with E-state index in [-0.39, 0.29) is 5.91 Å². The van der Waals surface area contributed by atoms with Crippen molar-refractivity contribution in [3.8, 4) is 0 Å². The van der Waals surface area contributed by atoms with Crippen LogP contribution in [0.15, 0.2) is 30.3 Å². The van der Waals surface area contributed by atoms with Crippen LogP contribution >= 0.6 is 11.3 Å². The Bertz CT molecular complexity index is 843. The monoisotopic (exact) mass is 312 g/mol. The first kappa shape index (κ1) is 14.5. The van der Waals surface area contributed by atoms with Crippen molar-refractivity contribution in [2.45, 2.75) is 13.8 Å². The molecule has 1 amide bonds. The Labute approximate surface area is 132 Å². The number of thiazole rings is 1. The normalized spacial score (nSPS) is 11.4. The van der Waals surface area contributed by atoms with Crippen LogP contribution < -0.4 is 5.32 Å². The molecule has 0 atom stereocenters. The number of nitrogens with one attached hydrogen (secondary N) is 1. The summed E-state index contributed by atoms with van der Waals surface area (Å²) in [6.07, 6.45) is 3.31. The number of anilines is 1.